The third kappa shape index (κ3) is 1.97. The first-order chi connectivity index (χ1) is 8.88. The number of hydrogen-bond donors (Lipinski definition) is 1. The number of nitrogens with zero attached hydrogens (tertiary/aromatic N) is 5. The standard InChI is InChI=1S/C11H12N6S/c1-12-4-8-5-17(2-3-18-8)11-9-10(14-6-13-9)15-7-16-11/h4-7H,2-3H2,1H3,(H,13,14,15,16). The van der Waals surface area contributed by atoms with E-state index in [2.05, 4.69) is 36.0 Å². The van der Waals surface area contributed by atoms with Gasteiger partial charge < -0.3 is 9.88 Å². The van der Waals surface area contributed by atoms with Crippen molar-refractivity contribution in [1.82, 2.24) is 19.9 Å². The van der Waals surface area contributed by atoms with Gasteiger partial charge in [-0.15, -0.1) is 11.8 Å². The van der Waals surface area contributed by atoms with Crippen molar-refractivity contribution in [3.63, 3.8) is 0 Å². The van der Waals surface area contributed by atoms with Crippen LogP contribution in [0.2, 0.25) is 0 Å². The first kappa shape index (κ1) is 11.2. The molecule has 0 amide bonds. The molecule has 0 saturated heterocycles. The van der Waals surface area contributed by atoms with E-state index in [1.54, 1.807) is 31.5 Å². The number of nitrogens with one attached hydrogen (secondary N) is 1. The first-order valence-electron chi connectivity index (χ1n) is 5.56. The molecule has 1 aliphatic heterocycles. The van der Waals surface area contributed by atoms with Crippen molar-refractivity contribution in [3.05, 3.63) is 23.8 Å². The number of aliphatic imine (C=N–C) groups is 1. The van der Waals surface area contributed by atoms with Crippen LogP contribution in [0.5, 0.6) is 0 Å². The molecule has 18 heavy (non-hydrogen) atoms. The van der Waals surface area contributed by atoms with Gasteiger partial charge in [-0.25, -0.2) is 15.0 Å². The molecule has 2 aromatic rings. The number of rotatable bonds is 2. The van der Waals surface area contributed by atoms with E-state index in [1.165, 1.54) is 0 Å². The summed E-state index contributed by atoms with van der Waals surface area (Å²) in [5, 5.41) is 0. The maximum absolute atomic E-state index is 4.34. The molecule has 0 radical (unpaired) electrons. The summed E-state index contributed by atoms with van der Waals surface area (Å²) in [5.74, 6) is 1.87. The molecular formula is C11H12N6S. The lowest BCUT2D eigenvalue weighted by Gasteiger charge is -2.24. The van der Waals surface area contributed by atoms with Crippen molar-refractivity contribution in [2.24, 2.45) is 4.99 Å². The smallest absolute Gasteiger partial charge is 0.182 e. The summed E-state index contributed by atoms with van der Waals surface area (Å²) in [6, 6.07) is 0. The maximum Gasteiger partial charge on any atom is 0.182 e. The van der Waals surface area contributed by atoms with Crippen LogP contribution in [-0.2, 0) is 0 Å². The van der Waals surface area contributed by atoms with Gasteiger partial charge >= 0.3 is 0 Å². The fraction of sp³-hybridized carbons (Fsp3) is 0.273. The van der Waals surface area contributed by atoms with Gasteiger partial charge in [0.2, 0.25) is 0 Å². The zero-order valence-corrected chi connectivity index (χ0v) is 10.7. The predicted octanol–water partition coefficient (Wildman–Crippen LogP) is 1.45. The number of aromatic amines is 1. The molecule has 0 spiro atoms. The van der Waals surface area contributed by atoms with E-state index >= 15 is 0 Å². The first-order valence-corrected chi connectivity index (χ1v) is 6.54. The Morgan fingerprint density at radius 3 is 3.28 bits per heavy atom. The number of allylic oxidation sites excluding steroid dienone is 1. The van der Waals surface area contributed by atoms with Gasteiger partial charge in [0.05, 0.1) is 6.33 Å². The Labute approximate surface area is 108 Å². The van der Waals surface area contributed by atoms with Crippen molar-refractivity contribution in [2.45, 2.75) is 0 Å². The Kier molecular flexibility index (Phi) is 2.97. The highest BCUT2D eigenvalue weighted by molar-refractivity contribution is 8.03. The topological polar surface area (TPSA) is 70.1 Å². The largest absolute Gasteiger partial charge is 0.340 e. The fourth-order valence-electron chi connectivity index (χ4n) is 1.85. The molecule has 0 aliphatic carbocycles. The summed E-state index contributed by atoms with van der Waals surface area (Å²) in [4.78, 5) is 23.0. The monoisotopic (exact) mass is 260 g/mol. The van der Waals surface area contributed by atoms with E-state index in [0.717, 1.165) is 28.5 Å². The van der Waals surface area contributed by atoms with Crippen molar-refractivity contribution in [3.8, 4) is 0 Å². The van der Waals surface area contributed by atoms with Gasteiger partial charge in [0.15, 0.2) is 11.5 Å². The summed E-state index contributed by atoms with van der Waals surface area (Å²) in [6.07, 6.45) is 7.10. The van der Waals surface area contributed by atoms with E-state index in [-0.39, 0.29) is 0 Å². The molecule has 1 aliphatic rings. The highest BCUT2D eigenvalue weighted by Gasteiger charge is 2.16. The molecule has 0 saturated carbocycles. The van der Waals surface area contributed by atoms with Gasteiger partial charge in [0, 0.05) is 36.7 Å². The van der Waals surface area contributed by atoms with E-state index < -0.39 is 0 Å². The molecule has 0 fully saturated rings. The van der Waals surface area contributed by atoms with E-state index in [0.29, 0.717) is 5.65 Å². The summed E-state index contributed by atoms with van der Waals surface area (Å²) in [5.41, 5.74) is 1.56. The van der Waals surface area contributed by atoms with Crippen LogP contribution in [-0.4, -0.2) is 45.5 Å². The molecule has 0 atom stereocenters. The van der Waals surface area contributed by atoms with Gasteiger partial charge in [0.25, 0.3) is 0 Å². The number of aromatic nitrogens is 4. The lowest BCUT2D eigenvalue weighted by Crippen LogP contribution is -2.24. The maximum atomic E-state index is 4.34. The number of H-pyrrole nitrogens is 1. The molecule has 0 bridgehead atoms. The summed E-state index contributed by atoms with van der Waals surface area (Å²) in [6.45, 7) is 0.914. The summed E-state index contributed by atoms with van der Waals surface area (Å²) < 4.78 is 0. The van der Waals surface area contributed by atoms with Crippen LogP contribution in [0.25, 0.3) is 11.2 Å². The minimum Gasteiger partial charge on any atom is -0.340 e. The third-order valence-electron chi connectivity index (χ3n) is 2.62. The number of anilines is 1. The van der Waals surface area contributed by atoms with Crippen molar-refractivity contribution >= 4 is 35.0 Å². The van der Waals surface area contributed by atoms with Gasteiger partial charge in [-0.1, -0.05) is 0 Å². The normalized spacial score (nSPS) is 16.5. The van der Waals surface area contributed by atoms with Crippen LogP contribution in [0.4, 0.5) is 5.82 Å². The highest BCUT2D eigenvalue weighted by atomic mass is 32.2. The molecule has 1 N–H and O–H groups in total. The number of imidazole rings is 1. The van der Waals surface area contributed by atoms with Crippen LogP contribution in [0.1, 0.15) is 0 Å². The zero-order valence-electron chi connectivity index (χ0n) is 9.87. The third-order valence-corrected chi connectivity index (χ3v) is 3.55. The van der Waals surface area contributed by atoms with Gasteiger partial charge in [-0.05, 0) is 0 Å². The van der Waals surface area contributed by atoms with Crippen LogP contribution in [0, 0.1) is 0 Å². The number of hydrogen-bond acceptors (Lipinski definition) is 6. The predicted molar refractivity (Wildman–Crippen MR) is 74.0 cm³/mol. The lowest BCUT2D eigenvalue weighted by atomic mass is 10.4. The van der Waals surface area contributed by atoms with Crippen LogP contribution >= 0.6 is 11.8 Å². The Hall–Kier alpha value is -1.89. The molecule has 0 aromatic carbocycles. The molecule has 2 aromatic heterocycles. The molecular weight excluding hydrogens is 248 g/mol. The van der Waals surface area contributed by atoms with Gasteiger partial charge in [-0.3, -0.25) is 4.99 Å². The second-order valence-electron chi connectivity index (χ2n) is 3.76. The van der Waals surface area contributed by atoms with Crippen LogP contribution in [0.15, 0.2) is 28.8 Å². The SMILES string of the molecule is CN=CC1=CN(c2ncnc3nc[nH]c23)CCS1. The molecule has 0 unspecified atom stereocenters. The van der Waals surface area contributed by atoms with Crippen LogP contribution in [0.3, 0.4) is 0 Å². The van der Waals surface area contributed by atoms with Crippen molar-refractivity contribution in [1.29, 1.82) is 0 Å². The molecule has 6 nitrogen and oxygen atoms in total. The highest BCUT2D eigenvalue weighted by Crippen LogP contribution is 2.26. The zero-order chi connectivity index (χ0) is 12.4. The van der Waals surface area contributed by atoms with Gasteiger partial charge in [0.1, 0.15) is 11.8 Å². The van der Waals surface area contributed by atoms with Crippen molar-refractivity contribution in [2.75, 3.05) is 24.2 Å². The Bertz CT molecular complexity index is 617. The lowest BCUT2D eigenvalue weighted by molar-refractivity contribution is 0.980. The van der Waals surface area contributed by atoms with Crippen molar-refractivity contribution < 1.29 is 0 Å². The Balaban J connectivity index is 2.04. The average molecular weight is 260 g/mol. The van der Waals surface area contributed by atoms with Crippen LogP contribution < -0.4 is 4.90 Å². The molecule has 3 heterocycles. The minimum atomic E-state index is 0.692. The van der Waals surface area contributed by atoms with E-state index in [4.69, 9.17) is 0 Å². The second-order valence-corrected chi connectivity index (χ2v) is 4.93. The minimum absolute atomic E-state index is 0.692. The van der Waals surface area contributed by atoms with Gasteiger partial charge in [-0.2, -0.15) is 0 Å². The van der Waals surface area contributed by atoms with E-state index in [9.17, 15) is 0 Å². The second kappa shape index (κ2) is 4.77. The Morgan fingerprint density at radius 2 is 2.39 bits per heavy atom. The fourth-order valence-corrected chi connectivity index (χ4v) is 2.76. The Morgan fingerprint density at radius 1 is 1.44 bits per heavy atom. The average Bonchev–Trinajstić information content (AvgIpc) is 2.87. The number of thioether (sulfide) groups is 1. The summed E-state index contributed by atoms with van der Waals surface area (Å²) >= 11 is 1.79. The summed E-state index contributed by atoms with van der Waals surface area (Å²) in [7, 11) is 1.78. The quantitative estimate of drug-likeness (QED) is 0.828. The molecule has 3 rings (SSSR count). The number of fused-ring (bicyclic) bond motifs is 1. The molecule has 92 valence electrons. The molecule has 7 heteroatoms. The van der Waals surface area contributed by atoms with E-state index in [1.807, 2.05) is 6.21 Å².